The quantitative estimate of drug-likeness (QED) is 0.856. The van der Waals surface area contributed by atoms with Crippen molar-refractivity contribution in [1.82, 2.24) is 0 Å². The van der Waals surface area contributed by atoms with E-state index < -0.39 is 33.4 Å². The summed E-state index contributed by atoms with van der Waals surface area (Å²) in [6, 6.07) is 3.20. The molecule has 0 saturated carbocycles. The Labute approximate surface area is 145 Å². The molecule has 1 saturated heterocycles. The third kappa shape index (κ3) is 4.65. The van der Waals surface area contributed by atoms with Gasteiger partial charge in [0.25, 0.3) is 0 Å². The van der Waals surface area contributed by atoms with Crippen molar-refractivity contribution in [2.24, 2.45) is 5.92 Å². The maximum atomic E-state index is 13.0. The molecule has 1 atom stereocenters. The first-order chi connectivity index (χ1) is 11.6. The van der Waals surface area contributed by atoms with Crippen molar-refractivity contribution in [3.63, 3.8) is 0 Å². The molecule has 1 aromatic rings. The smallest absolute Gasteiger partial charge is 0.370 e. The van der Waals surface area contributed by atoms with Gasteiger partial charge in [-0.1, -0.05) is 0 Å². The van der Waals surface area contributed by atoms with Gasteiger partial charge in [-0.05, 0) is 38.5 Å². The molecule has 0 bridgehead atoms. The van der Waals surface area contributed by atoms with Crippen LogP contribution in [-0.4, -0.2) is 38.9 Å². The zero-order valence-electron chi connectivity index (χ0n) is 14.1. The number of hydrogen-bond acceptors (Lipinski definition) is 4. The van der Waals surface area contributed by atoms with E-state index in [0.29, 0.717) is 18.8 Å². The third-order valence-corrected chi connectivity index (χ3v) is 6.06. The standard InChI is InChI=1S/C16H21F3N2O3S/c1-3-21(4-2)14-6-5-12(16(17,18)19)9-13(14)20-15(22)11-7-8-25(23,24)10-11/h5-6,9,11H,3-4,7-8,10H2,1-2H3,(H,20,22)/t11-/m1/s1. The van der Waals surface area contributed by atoms with Crippen LogP contribution in [-0.2, 0) is 20.8 Å². The van der Waals surface area contributed by atoms with Gasteiger partial charge in [-0.2, -0.15) is 13.2 Å². The average Bonchev–Trinajstić information content (AvgIpc) is 2.89. The van der Waals surface area contributed by atoms with E-state index in [1.807, 2.05) is 18.7 Å². The molecule has 140 valence electrons. The number of nitrogens with zero attached hydrogens (tertiary/aromatic N) is 1. The molecule has 0 spiro atoms. The van der Waals surface area contributed by atoms with E-state index in [4.69, 9.17) is 0 Å². The van der Waals surface area contributed by atoms with Crippen molar-refractivity contribution in [3.05, 3.63) is 23.8 Å². The molecule has 0 aromatic heterocycles. The molecule has 1 aromatic carbocycles. The molecule has 25 heavy (non-hydrogen) atoms. The van der Waals surface area contributed by atoms with Crippen LogP contribution in [0.15, 0.2) is 18.2 Å². The maximum absolute atomic E-state index is 13.0. The second kappa shape index (κ2) is 7.23. The predicted molar refractivity (Wildman–Crippen MR) is 90.4 cm³/mol. The van der Waals surface area contributed by atoms with Crippen molar-refractivity contribution in [2.75, 3.05) is 34.8 Å². The highest BCUT2D eigenvalue weighted by molar-refractivity contribution is 7.91. The van der Waals surface area contributed by atoms with Crippen LogP contribution in [0.4, 0.5) is 24.5 Å². The van der Waals surface area contributed by atoms with Gasteiger partial charge in [-0.3, -0.25) is 4.79 Å². The molecule has 0 radical (unpaired) electrons. The van der Waals surface area contributed by atoms with Crippen LogP contribution in [0.25, 0.3) is 0 Å². The Kier molecular flexibility index (Phi) is 5.65. The Morgan fingerprint density at radius 2 is 1.92 bits per heavy atom. The SMILES string of the molecule is CCN(CC)c1ccc(C(F)(F)F)cc1NC(=O)[C@@H]1CCS(=O)(=O)C1. The van der Waals surface area contributed by atoms with E-state index in [0.717, 1.165) is 12.1 Å². The summed E-state index contributed by atoms with van der Waals surface area (Å²) in [7, 11) is -3.25. The van der Waals surface area contributed by atoms with Gasteiger partial charge in [0.15, 0.2) is 9.84 Å². The minimum Gasteiger partial charge on any atom is -0.370 e. The number of halogens is 3. The number of amides is 1. The van der Waals surface area contributed by atoms with E-state index in [1.165, 1.54) is 6.07 Å². The van der Waals surface area contributed by atoms with Gasteiger partial charge in [0.05, 0.1) is 34.4 Å². The first kappa shape index (κ1) is 19.6. The van der Waals surface area contributed by atoms with E-state index in [2.05, 4.69) is 5.32 Å². The molecule has 2 rings (SSSR count). The van der Waals surface area contributed by atoms with Crippen molar-refractivity contribution in [2.45, 2.75) is 26.4 Å². The monoisotopic (exact) mass is 378 g/mol. The van der Waals surface area contributed by atoms with Crippen molar-refractivity contribution in [1.29, 1.82) is 0 Å². The second-order valence-corrected chi connectivity index (χ2v) is 8.22. The number of carbonyl (C=O) groups is 1. The highest BCUT2D eigenvalue weighted by Gasteiger charge is 2.35. The molecule has 0 unspecified atom stereocenters. The van der Waals surface area contributed by atoms with E-state index in [9.17, 15) is 26.4 Å². The summed E-state index contributed by atoms with van der Waals surface area (Å²) in [6.45, 7) is 4.83. The van der Waals surface area contributed by atoms with Crippen LogP contribution in [0.1, 0.15) is 25.8 Å². The van der Waals surface area contributed by atoms with Crippen molar-refractivity contribution < 1.29 is 26.4 Å². The molecule has 1 N–H and O–H groups in total. The Morgan fingerprint density at radius 1 is 1.28 bits per heavy atom. The molecule has 1 amide bonds. The van der Waals surface area contributed by atoms with Gasteiger partial charge in [0.2, 0.25) is 5.91 Å². The fourth-order valence-corrected chi connectivity index (χ4v) is 4.63. The van der Waals surface area contributed by atoms with E-state index in [1.54, 1.807) is 0 Å². The molecule has 1 fully saturated rings. The van der Waals surface area contributed by atoms with Crippen LogP contribution in [0, 0.1) is 5.92 Å². The first-order valence-electron chi connectivity index (χ1n) is 8.05. The fraction of sp³-hybridized carbons (Fsp3) is 0.562. The zero-order chi connectivity index (χ0) is 18.8. The highest BCUT2D eigenvalue weighted by atomic mass is 32.2. The third-order valence-electron chi connectivity index (χ3n) is 4.29. The Hall–Kier alpha value is -1.77. The van der Waals surface area contributed by atoms with Gasteiger partial charge >= 0.3 is 6.18 Å². The van der Waals surface area contributed by atoms with Gasteiger partial charge in [0.1, 0.15) is 0 Å². The average molecular weight is 378 g/mol. The number of nitrogens with one attached hydrogen (secondary N) is 1. The summed E-state index contributed by atoms with van der Waals surface area (Å²) in [5.41, 5.74) is -0.335. The molecule has 1 aliphatic rings. The number of alkyl halides is 3. The lowest BCUT2D eigenvalue weighted by atomic mass is 10.1. The maximum Gasteiger partial charge on any atom is 0.416 e. The molecular formula is C16H21F3N2O3S. The number of rotatable bonds is 5. The normalized spacial score (nSPS) is 19.6. The van der Waals surface area contributed by atoms with Crippen molar-refractivity contribution >= 4 is 27.1 Å². The number of carbonyl (C=O) groups excluding carboxylic acids is 1. The molecule has 1 aliphatic heterocycles. The predicted octanol–water partition coefficient (Wildman–Crippen LogP) is 2.92. The van der Waals surface area contributed by atoms with E-state index in [-0.39, 0.29) is 23.6 Å². The lowest BCUT2D eigenvalue weighted by molar-refractivity contribution is -0.137. The van der Waals surface area contributed by atoms with Gasteiger partial charge < -0.3 is 10.2 Å². The summed E-state index contributed by atoms with van der Waals surface area (Å²) < 4.78 is 62.0. The lowest BCUT2D eigenvalue weighted by Crippen LogP contribution is -2.27. The van der Waals surface area contributed by atoms with E-state index >= 15 is 0 Å². The Bertz CT molecular complexity index is 743. The Balaban J connectivity index is 2.34. The van der Waals surface area contributed by atoms with Gasteiger partial charge in [-0.25, -0.2) is 8.42 Å². The number of anilines is 2. The lowest BCUT2D eigenvalue weighted by Gasteiger charge is -2.25. The van der Waals surface area contributed by atoms with Crippen LogP contribution in [0.2, 0.25) is 0 Å². The number of benzene rings is 1. The largest absolute Gasteiger partial charge is 0.416 e. The molecule has 9 heteroatoms. The summed E-state index contributed by atoms with van der Waals surface area (Å²) >= 11 is 0. The first-order valence-corrected chi connectivity index (χ1v) is 9.87. The second-order valence-electron chi connectivity index (χ2n) is 5.99. The van der Waals surface area contributed by atoms with Crippen molar-refractivity contribution in [3.8, 4) is 0 Å². The summed E-state index contributed by atoms with van der Waals surface area (Å²) in [5.74, 6) is -1.63. The molecule has 1 heterocycles. The van der Waals surface area contributed by atoms with Crippen LogP contribution < -0.4 is 10.2 Å². The van der Waals surface area contributed by atoms with Crippen LogP contribution in [0.5, 0.6) is 0 Å². The molecular weight excluding hydrogens is 357 g/mol. The van der Waals surface area contributed by atoms with Gasteiger partial charge in [0, 0.05) is 13.1 Å². The van der Waals surface area contributed by atoms with Gasteiger partial charge in [-0.15, -0.1) is 0 Å². The fourth-order valence-electron chi connectivity index (χ4n) is 2.89. The van der Waals surface area contributed by atoms with Crippen LogP contribution in [0.3, 0.4) is 0 Å². The topological polar surface area (TPSA) is 66.5 Å². The minimum absolute atomic E-state index is 0.0489. The highest BCUT2D eigenvalue weighted by Crippen LogP contribution is 2.36. The summed E-state index contributed by atoms with van der Waals surface area (Å²) in [4.78, 5) is 14.2. The summed E-state index contributed by atoms with van der Waals surface area (Å²) in [5, 5.41) is 2.51. The number of sulfone groups is 1. The summed E-state index contributed by atoms with van der Waals surface area (Å²) in [6.07, 6.45) is -4.34. The van der Waals surface area contributed by atoms with Crippen LogP contribution >= 0.6 is 0 Å². The zero-order valence-corrected chi connectivity index (χ0v) is 14.9. The molecule has 5 nitrogen and oxygen atoms in total. The minimum atomic E-state index is -4.53. The molecule has 0 aliphatic carbocycles. The Morgan fingerprint density at radius 3 is 2.40 bits per heavy atom. The number of hydrogen-bond donors (Lipinski definition) is 1.